The zero-order chi connectivity index (χ0) is 36.3. The molecule has 0 atom stereocenters. The van der Waals surface area contributed by atoms with E-state index in [0.29, 0.717) is 6.42 Å². The summed E-state index contributed by atoms with van der Waals surface area (Å²) in [5, 5.41) is 0. The van der Waals surface area contributed by atoms with Gasteiger partial charge in [-0.3, -0.25) is 0 Å². The van der Waals surface area contributed by atoms with Crippen LogP contribution in [0.25, 0.3) is 46.6 Å². The van der Waals surface area contributed by atoms with Gasteiger partial charge in [0.15, 0.2) is 46.6 Å². The summed E-state index contributed by atoms with van der Waals surface area (Å²) in [6.45, 7) is 0.776. The largest absolute Gasteiger partial charge is 0.331 e. The minimum atomic E-state index is 0. The Labute approximate surface area is 323 Å². The van der Waals surface area contributed by atoms with Crippen molar-refractivity contribution in [3.63, 3.8) is 0 Å². The maximum absolute atomic E-state index is 5.24. The number of aryl methyl sites for hydroxylation is 8. The summed E-state index contributed by atoms with van der Waals surface area (Å²) in [6, 6.07) is 0. The van der Waals surface area contributed by atoms with Crippen LogP contribution in [0.1, 0.15) is 13.8 Å². The first kappa shape index (κ1) is 41.3. The Balaban J connectivity index is 0.000000189. The molecule has 0 unspecified atom stereocenters. The van der Waals surface area contributed by atoms with Crippen LogP contribution >= 0.6 is 0 Å². The molecule has 8 heterocycles. The van der Waals surface area contributed by atoms with E-state index in [-0.39, 0.29) is 27.2 Å². The fraction of sp³-hybridized carbons (Fsp3) is 0.278. The Kier molecular flexibility index (Phi) is 15.2. The van der Waals surface area contributed by atoms with Gasteiger partial charge in [-0.15, -0.1) is 12.3 Å². The van der Waals surface area contributed by atoms with Crippen LogP contribution in [0.5, 0.6) is 0 Å². The SMILES string of the molecule is C.C#CCCn1ccnc1-c1nccn1C.Cn1ccnc1-c1nccn1C.Cn1ccnc1-c1nccn1C.Cn1ccnc1-c1nccn1C.[Os]. The van der Waals surface area contributed by atoms with Crippen molar-refractivity contribution in [2.75, 3.05) is 0 Å². The van der Waals surface area contributed by atoms with Crippen LogP contribution in [0.4, 0.5) is 0 Å². The molecule has 0 spiro atoms. The van der Waals surface area contributed by atoms with Crippen LogP contribution in [0.2, 0.25) is 0 Å². The van der Waals surface area contributed by atoms with Crippen molar-refractivity contribution in [2.45, 2.75) is 20.4 Å². The summed E-state index contributed by atoms with van der Waals surface area (Å²) >= 11 is 0. The molecule has 278 valence electrons. The monoisotopic (exact) mass is 894 g/mol. The number of imidazole rings is 8. The number of terminal acetylenes is 1. The van der Waals surface area contributed by atoms with E-state index >= 15 is 0 Å². The molecule has 0 saturated carbocycles. The van der Waals surface area contributed by atoms with Gasteiger partial charge in [0.05, 0.1) is 0 Å². The topological polar surface area (TPSA) is 143 Å². The minimum absolute atomic E-state index is 0. The predicted octanol–water partition coefficient (Wildman–Crippen LogP) is 4.40. The molecule has 16 nitrogen and oxygen atoms in total. The molecule has 8 aromatic heterocycles. The second-order valence-electron chi connectivity index (χ2n) is 11.4. The molecule has 0 saturated heterocycles. The van der Waals surface area contributed by atoms with E-state index in [0.717, 1.165) is 53.1 Å². The number of nitrogens with zero attached hydrogens (tertiary/aromatic N) is 16. The maximum atomic E-state index is 5.24. The van der Waals surface area contributed by atoms with Gasteiger partial charge in [-0.25, -0.2) is 39.9 Å². The van der Waals surface area contributed by atoms with Crippen LogP contribution < -0.4 is 0 Å². The Morgan fingerprint density at radius 1 is 0.396 bits per heavy atom. The smallest absolute Gasteiger partial charge is 0.176 e. The number of hydrogen-bond donors (Lipinski definition) is 0. The zero-order valence-corrected chi connectivity index (χ0v) is 32.8. The molecule has 0 fully saturated rings. The van der Waals surface area contributed by atoms with Crippen LogP contribution in [-0.4, -0.2) is 76.4 Å². The second kappa shape index (κ2) is 19.5. The summed E-state index contributed by atoms with van der Waals surface area (Å²) in [4.78, 5) is 33.7. The third-order valence-electron chi connectivity index (χ3n) is 7.76. The number of rotatable bonds is 6. The van der Waals surface area contributed by atoms with Crippen LogP contribution in [-0.2, 0) is 75.7 Å². The molecule has 8 aromatic rings. The fourth-order valence-corrected chi connectivity index (χ4v) is 4.95. The molecule has 0 aliphatic carbocycles. The van der Waals surface area contributed by atoms with Gasteiger partial charge >= 0.3 is 0 Å². The normalized spacial score (nSPS) is 10.0. The molecular formula is C36H46N16Os. The summed E-state index contributed by atoms with van der Waals surface area (Å²) in [6.07, 6.45) is 35.3. The van der Waals surface area contributed by atoms with Gasteiger partial charge in [0.1, 0.15) is 0 Å². The van der Waals surface area contributed by atoms with Crippen molar-refractivity contribution >= 4 is 0 Å². The molecule has 0 bridgehead atoms. The van der Waals surface area contributed by atoms with Crippen molar-refractivity contribution in [1.29, 1.82) is 0 Å². The zero-order valence-electron chi connectivity index (χ0n) is 30.2. The van der Waals surface area contributed by atoms with Crippen molar-refractivity contribution in [3.8, 4) is 58.9 Å². The van der Waals surface area contributed by atoms with Gasteiger partial charge in [0.25, 0.3) is 0 Å². The molecule has 0 amide bonds. The Morgan fingerprint density at radius 3 is 0.811 bits per heavy atom. The standard InChI is InChI=1S/C11H12N4.3C8H10N4.CH4.Os/c1-3-4-7-15-9-6-13-11(15)10-12-5-8-14(10)2;3*1-11-5-3-9-7(11)8-10-4-6-12(8)2;;/h1,5-6,8-9H,4,7H2,2H3;3*3-6H,1-2H3;1H4;. The first-order valence-electron chi connectivity index (χ1n) is 16.0. The molecule has 0 aliphatic heterocycles. The molecule has 53 heavy (non-hydrogen) atoms. The molecule has 0 aromatic carbocycles. The van der Waals surface area contributed by atoms with Gasteiger partial charge in [0.2, 0.25) is 0 Å². The van der Waals surface area contributed by atoms with Crippen molar-refractivity contribution in [2.24, 2.45) is 49.3 Å². The van der Waals surface area contributed by atoms with Gasteiger partial charge in [-0.2, -0.15) is 0 Å². The Bertz CT molecular complexity index is 2000. The molecule has 0 N–H and O–H groups in total. The molecule has 8 rings (SSSR count). The van der Waals surface area contributed by atoms with Gasteiger partial charge in [0, 0.05) is 181 Å². The number of aromatic nitrogens is 16. The predicted molar refractivity (Wildman–Crippen MR) is 201 cm³/mol. The first-order chi connectivity index (χ1) is 24.7. The van der Waals surface area contributed by atoms with E-state index in [2.05, 4.69) is 45.8 Å². The second-order valence-corrected chi connectivity index (χ2v) is 11.4. The quantitative estimate of drug-likeness (QED) is 0.224. The Hall–Kier alpha value is -6.12. The van der Waals surface area contributed by atoms with Crippen LogP contribution in [0.15, 0.2) is 99.1 Å². The fourth-order valence-electron chi connectivity index (χ4n) is 4.95. The van der Waals surface area contributed by atoms with Gasteiger partial charge in [-0.1, -0.05) is 7.43 Å². The van der Waals surface area contributed by atoms with E-state index in [4.69, 9.17) is 6.42 Å². The third-order valence-corrected chi connectivity index (χ3v) is 7.76. The first-order valence-corrected chi connectivity index (χ1v) is 16.0. The van der Waals surface area contributed by atoms with Crippen molar-refractivity contribution in [1.82, 2.24) is 76.4 Å². The maximum Gasteiger partial charge on any atom is 0.176 e. The van der Waals surface area contributed by atoms with Crippen LogP contribution in [0.3, 0.4) is 0 Å². The van der Waals surface area contributed by atoms with Crippen molar-refractivity contribution < 1.29 is 19.8 Å². The van der Waals surface area contributed by atoms with E-state index in [1.54, 1.807) is 49.6 Å². The summed E-state index contributed by atoms with van der Waals surface area (Å²) in [5.41, 5.74) is 0. The summed E-state index contributed by atoms with van der Waals surface area (Å²) < 4.78 is 15.6. The van der Waals surface area contributed by atoms with E-state index < -0.39 is 0 Å². The van der Waals surface area contributed by atoms with E-state index in [1.165, 1.54) is 0 Å². The molecule has 0 aliphatic rings. The van der Waals surface area contributed by atoms with E-state index in [1.807, 2.05) is 135 Å². The van der Waals surface area contributed by atoms with Gasteiger partial charge in [-0.05, 0) is 0 Å². The summed E-state index contributed by atoms with van der Waals surface area (Å²) in [7, 11) is 13.7. The Morgan fingerprint density at radius 2 is 0.604 bits per heavy atom. The van der Waals surface area contributed by atoms with Gasteiger partial charge < -0.3 is 36.5 Å². The number of hydrogen-bond acceptors (Lipinski definition) is 8. The average Bonchev–Trinajstić information content (AvgIpc) is 3.95. The molecular weight excluding hydrogens is 847 g/mol. The molecule has 0 radical (unpaired) electrons. The minimum Gasteiger partial charge on any atom is -0.331 e. The average molecular weight is 893 g/mol. The van der Waals surface area contributed by atoms with Crippen molar-refractivity contribution in [3.05, 3.63) is 99.1 Å². The summed E-state index contributed by atoms with van der Waals surface area (Å²) in [5.74, 6) is 9.68. The van der Waals surface area contributed by atoms with Crippen LogP contribution in [0, 0.1) is 12.3 Å². The van der Waals surface area contributed by atoms with E-state index in [9.17, 15) is 0 Å². The molecule has 17 heteroatoms. The third kappa shape index (κ3) is 10.0.